The number of nitrogens with zero attached hydrogens (tertiary/aromatic N) is 9. The SMILES string of the molecule is C=CCn1c(=O)c2cnc(Nc3ccc(N4CCC(N5CCN(c6cccc7c6CN(C(C=O)CCC(=O)NC)C7=O)CC5)CC4)cc3)nc2n1-c1ccc2c(n1)C(CC)CC2. The minimum atomic E-state index is -0.634. The number of aromatic nitrogens is 5. The number of nitrogens with one attached hydrogen (secondary N) is 2. The van der Waals surface area contributed by atoms with E-state index in [2.05, 4.69) is 68.1 Å². The van der Waals surface area contributed by atoms with Gasteiger partial charge >= 0.3 is 0 Å². The van der Waals surface area contributed by atoms with Crippen LogP contribution < -0.4 is 26.0 Å². The fourth-order valence-corrected chi connectivity index (χ4v) is 9.95. The highest BCUT2D eigenvalue weighted by atomic mass is 16.2. The van der Waals surface area contributed by atoms with E-state index < -0.39 is 6.04 Å². The summed E-state index contributed by atoms with van der Waals surface area (Å²) in [6, 6.07) is 18.2. The van der Waals surface area contributed by atoms with Crippen molar-refractivity contribution in [2.45, 2.75) is 83.0 Å². The van der Waals surface area contributed by atoms with Gasteiger partial charge in [-0.3, -0.25) is 19.3 Å². The van der Waals surface area contributed by atoms with E-state index in [4.69, 9.17) is 9.97 Å². The van der Waals surface area contributed by atoms with Gasteiger partial charge in [-0.2, -0.15) is 4.98 Å². The Hall–Kier alpha value is -6.35. The number of hydrogen-bond donors (Lipinski definition) is 2. The van der Waals surface area contributed by atoms with Gasteiger partial charge in [-0.1, -0.05) is 25.1 Å². The summed E-state index contributed by atoms with van der Waals surface area (Å²) in [6.07, 6.45) is 9.90. The molecule has 2 aromatic carbocycles. The van der Waals surface area contributed by atoms with Crippen LogP contribution in [0.25, 0.3) is 16.9 Å². The highest BCUT2D eigenvalue weighted by molar-refractivity contribution is 6.01. The first-order valence-electron chi connectivity index (χ1n) is 22.1. The minimum Gasteiger partial charge on any atom is -0.371 e. The van der Waals surface area contributed by atoms with Crippen molar-refractivity contribution in [1.29, 1.82) is 0 Å². The summed E-state index contributed by atoms with van der Waals surface area (Å²) in [4.78, 5) is 74.3. The summed E-state index contributed by atoms with van der Waals surface area (Å²) >= 11 is 0. The van der Waals surface area contributed by atoms with Crippen LogP contribution in [0.15, 0.2) is 78.2 Å². The van der Waals surface area contributed by atoms with Gasteiger partial charge in [-0.05, 0) is 86.6 Å². The summed E-state index contributed by atoms with van der Waals surface area (Å²) < 4.78 is 3.43. The number of carbonyl (C=O) groups is 3. The molecule has 9 rings (SSSR count). The predicted octanol–water partition coefficient (Wildman–Crippen LogP) is 5.19. The van der Waals surface area contributed by atoms with E-state index in [0.29, 0.717) is 59.8 Å². The van der Waals surface area contributed by atoms with Gasteiger partial charge in [0.2, 0.25) is 11.9 Å². The number of piperidine rings is 1. The smallest absolute Gasteiger partial charge is 0.278 e. The maximum Gasteiger partial charge on any atom is 0.278 e. The lowest BCUT2D eigenvalue weighted by Gasteiger charge is -2.44. The molecule has 6 heterocycles. The number of rotatable bonds is 14. The molecule has 322 valence electrons. The number of hydrogen-bond acceptors (Lipinski definition) is 11. The fraction of sp³-hybridized carbons (Fsp3) is 0.426. The standard InChI is InChI=1S/C47H55N11O4/c1-4-21-57-46(62)38-28-49-47(52-44(38)58(57)41-17-11-32-10-9-31(5-2)43(32)51-41)50-33-12-14-34(15-13-33)53-22-19-35(20-23-53)54-24-26-55(27-25-54)40-8-6-7-37-39(40)29-56(45(37)61)36(30-59)16-18-42(60)48-3/h4,6-8,11-15,17,28,30-31,35-36H,1,5,9-10,16,18-27,29H2,2-3H3,(H,48,60)(H,49,50,52). The Morgan fingerprint density at radius 2 is 1.74 bits per heavy atom. The van der Waals surface area contributed by atoms with Gasteiger partial charge in [0.25, 0.3) is 11.5 Å². The number of carbonyl (C=O) groups excluding carboxylic acids is 3. The normalized spacial score (nSPS) is 18.5. The Morgan fingerprint density at radius 3 is 2.47 bits per heavy atom. The zero-order chi connectivity index (χ0) is 42.9. The molecule has 1 aliphatic carbocycles. The molecule has 2 saturated heterocycles. The Morgan fingerprint density at radius 1 is 0.952 bits per heavy atom. The molecule has 2 amide bonds. The third-order valence-electron chi connectivity index (χ3n) is 13.4. The van der Waals surface area contributed by atoms with E-state index >= 15 is 0 Å². The van der Waals surface area contributed by atoms with Crippen molar-refractivity contribution in [3.05, 3.63) is 106 Å². The zero-order valence-electron chi connectivity index (χ0n) is 35.6. The molecule has 2 unspecified atom stereocenters. The average molecular weight is 838 g/mol. The Balaban J connectivity index is 0.809. The van der Waals surface area contributed by atoms with Crippen LogP contribution in [0.3, 0.4) is 0 Å². The third-order valence-corrected chi connectivity index (χ3v) is 13.4. The number of pyridine rings is 1. The van der Waals surface area contributed by atoms with Gasteiger partial charge < -0.3 is 30.1 Å². The van der Waals surface area contributed by atoms with Crippen LogP contribution in [0, 0.1) is 0 Å². The van der Waals surface area contributed by atoms with E-state index in [1.807, 2.05) is 35.0 Å². The first-order chi connectivity index (χ1) is 30.3. The number of amides is 2. The van der Waals surface area contributed by atoms with Crippen LogP contribution in [0.5, 0.6) is 0 Å². The topological polar surface area (TPSA) is 154 Å². The number of aryl methyl sites for hydroxylation is 1. The number of benzene rings is 2. The van der Waals surface area contributed by atoms with Gasteiger partial charge in [-0.25, -0.2) is 19.3 Å². The van der Waals surface area contributed by atoms with Crippen molar-refractivity contribution in [2.24, 2.45) is 0 Å². The van der Waals surface area contributed by atoms with E-state index in [-0.39, 0.29) is 23.8 Å². The largest absolute Gasteiger partial charge is 0.371 e. The first-order valence-corrected chi connectivity index (χ1v) is 22.1. The van der Waals surface area contributed by atoms with E-state index in [9.17, 15) is 19.2 Å². The molecule has 4 aliphatic rings. The van der Waals surface area contributed by atoms with Crippen LogP contribution >= 0.6 is 0 Å². The molecular formula is C47H55N11O4. The second-order valence-corrected chi connectivity index (χ2v) is 16.8. The maximum atomic E-state index is 13.5. The number of anilines is 4. The van der Waals surface area contributed by atoms with Gasteiger partial charge in [0, 0.05) is 111 Å². The van der Waals surface area contributed by atoms with Crippen molar-refractivity contribution in [3.8, 4) is 5.82 Å². The molecule has 5 aromatic rings. The summed E-state index contributed by atoms with van der Waals surface area (Å²) in [5.74, 6) is 1.20. The van der Waals surface area contributed by atoms with Crippen molar-refractivity contribution in [2.75, 3.05) is 61.4 Å². The van der Waals surface area contributed by atoms with Gasteiger partial charge in [-0.15, -0.1) is 6.58 Å². The monoisotopic (exact) mass is 837 g/mol. The van der Waals surface area contributed by atoms with Crippen LogP contribution in [0.2, 0.25) is 0 Å². The Bertz CT molecular complexity index is 2550. The third kappa shape index (κ3) is 7.74. The van der Waals surface area contributed by atoms with E-state index in [1.54, 1.807) is 28.9 Å². The van der Waals surface area contributed by atoms with Gasteiger partial charge in [0.15, 0.2) is 11.5 Å². The minimum absolute atomic E-state index is 0.143. The Kier molecular flexibility index (Phi) is 11.6. The quantitative estimate of drug-likeness (QED) is 0.112. The lowest BCUT2D eigenvalue weighted by atomic mass is 10.0. The molecule has 0 saturated carbocycles. The molecule has 3 aliphatic heterocycles. The number of allylic oxidation sites excluding steroid dienone is 1. The van der Waals surface area contributed by atoms with Gasteiger partial charge in [0.05, 0.1) is 12.6 Å². The molecule has 2 N–H and O–H groups in total. The highest BCUT2D eigenvalue weighted by Crippen LogP contribution is 2.36. The molecule has 15 heteroatoms. The predicted molar refractivity (Wildman–Crippen MR) is 241 cm³/mol. The summed E-state index contributed by atoms with van der Waals surface area (Å²) in [5, 5.41) is 6.38. The molecule has 0 radical (unpaired) electrons. The average Bonchev–Trinajstić information content (AvgIpc) is 3.97. The summed E-state index contributed by atoms with van der Waals surface area (Å²) in [6.45, 7) is 12.3. The molecule has 2 atom stereocenters. The van der Waals surface area contributed by atoms with E-state index in [0.717, 1.165) is 100 Å². The first kappa shape index (κ1) is 41.0. The lowest BCUT2D eigenvalue weighted by Crippen LogP contribution is -2.53. The maximum absolute atomic E-state index is 13.5. The second-order valence-electron chi connectivity index (χ2n) is 16.8. The second kappa shape index (κ2) is 17.6. The van der Waals surface area contributed by atoms with Crippen molar-refractivity contribution in [3.63, 3.8) is 0 Å². The lowest BCUT2D eigenvalue weighted by molar-refractivity contribution is -0.121. The van der Waals surface area contributed by atoms with Crippen LogP contribution in [0.4, 0.5) is 23.0 Å². The highest BCUT2D eigenvalue weighted by Gasteiger charge is 2.36. The fourth-order valence-electron chi connectivity index (χ4n) is 9.95. The molecule has 3 aromatic heterocycles. The van der Waals surface area contributed by atoms with Crippen LogP contribution in [-0.4, -0.2) is 111 Å². The summed E-state index contributed by atoms with van der Waals surface area (Å²) in [5.41, 5.74) is 7.43. The molecule has 0 bridgehead atoms. The summed E-state index contributed by atoms with van der Waals surface area (Å²) in [7, 11) is 1.57. The number of aldehydes is 1. The molecule has 0 spiro atoms. The van der Waals surface area contributed by atoms with Gasteiger partial charge in [0.1, 0.15) is 11.7 Å². The zero-order valence-corrected chi connectivity index (χ0v) is 35.6. The molecule has 15 nitrogen and oxygen atoms in total. The molecule has 62 heavy (non-hydrogen) atoms. The molecule has 2 fully saturated rings. The molecular weight excluding hydrogens is 783 g/mol. The van der Waals surface area contributed by atoms with Crippen molar-refractivity contribution < 1.29 is 14.4 Å². The number of fused-ring (bicyclic) bond motifs is 3. The van der Waals surface area contributed by atoms with Crippen LogP contribution in [-0.2, 0) is 29.1 Å². The van der Waals surface area contributed by atoms with Crippen molar-refractivity contribution in [1.82, 2.24) is 39.4 Å². The van der Waals surface area contributed by atoms with Crippen molar-refractivity contribution >= 4 is 52.1 Å². The number of piperazine rings is 1. The Labute approximate surface area is 361 Å². The van der Waals surface area contributed by atoms with E-state index in [1.165, 1.54) is 11.3 Å². The van der Waals surface area contributed by atoms with Crippen LogP contribution in [0.1, 0.15) is 78.5 Å².